The molecular formula is C42H59O10P. The van der Waals surface area contributed by atoms with Crippen LogP contribution in [0.1, 0.15) is 92.2 Å². The van der Waals surface area contributed by atoms with Gasteiger partial charge in [-0.1, -0.05) is 108 Å². The maximum absolute atomic E-state index is 11.6. The number of hydrogen-bond donors (Lipinski definition) is 0. The summed E-state index contributed by atoms with van der Waals surface area (Å²) in [6, 6.07) is 20.5. The van der Waals surface area contributed by atoms with Gasteiger partial charge in [0.05, 0.1) is 39.6 Å². The molecule has 2 aliphatic carbocycles. The Labute approximate surface area is 316 Å². The van der Waals surface area contributed by atoms with E-state index in [1.807, 2.05) is 45.0 Å². The van der Waals surface area contributed by atoms with E-state index in [-0.39, 0.29) is 23.1 Å². The Kier molecular flexibility index (Phi) is 25.8. The Bertz CT molecular complexity index is 1490. The monoisotopic (exact) mass is 754 g/mol. The molecule has 4 rings (SSSR count). The average Bonchev–Trinajstić information content (AvgIpc) is 3.13. The lowest BCUT2D eigenvalue weighted by atomic mass is 9.59. The fourth-order valence-electron chi connectivity index (χ4n) is 5.23. The smallest absolute Gasteiger partial charge is 0.373 e. The van der Waals surface area contributed by atoms with Crippen LogP contribution in [0.5, 0.6) is 0 Å². The van der Waals surface area contributed by atoms with Crippen molar-refractivity contribution in [3.63, 3.8) is 0 Å². The van der Waals surface area contributed by atoms with Crippen LogP contribution in [0.3, 0.4) is 0 Å². The van der Waals surface area contributed by atoms with Gasteiger partial charge in [-0.3, -0.25) is 9.36 Å². The molecule has 0 spiro atoms. The van der Waals surface area contributed by atoms with Crippen molar-refractivity contribution in [3.8, 4) is 0 Å². The van der Waals surface area contributed by atoms with E-state index in [2.05, 4.69) is 69.0 Å². The number of hydrogen-bond acceptors (Lipinski definition) is 10. The Hall–Kier alpha value is -3.80. The van der Waals surface area contributed by atoms with E-state index >= 15 is 0 Å². The van der Waals surface area contributed by atoms with Crippen LogP contribution in [0.2, 0.25) is 0 Å². The quantitative estimate of drug-likeness (QED) is 0.128. The van der Waals surface area contributed by atoms with Crippen LogP contribution in [-0.2, 0) is 60.3 Å². The van der Waals surface area contributed by atoms with Gasteiger partial charge in [-0.15, -0.1) is 5.73 Å². The first-order chi connectivity index (χ1) is 25.3. The molecule has 11 heteroatoms. The molecule has 0 heterocycles. The molecule has 0 radical (unpaired) electrons. The van der Waals surface area contributed by atoms with Gasteiger partial charge in [-0.2, -0.15) is 19.2 Å². The largest absolute Gasteiger partial charge is 0.376 e. The van der Waals surface area contributed by atoms with Crippen molar-refractivity contribution < 1.29 is 47.1 Å². The number of carbonyl (C=O) groups excluding carboxylic acids is 5. The Morgan fingerprint density at radius 2 is 1.13 bits per heavy atom. The average molecular weight is 755 g/mol. The fourth-order valence-corrected chi connectivity index (χ4v) is 6.66. The van der Waals surface area contributed by atoms with Crippen molar-refractivity contribution in [1.29, 1.82) is 0 Å². The highest BCUT2D eigenvalue weighted by molar-refractivity contribution is 7.57. The zero-order chi connectivity index (χ0) is 40.2. The van der Waals surface area contributed by atoms with Crippen molar-refractivity contribution in [3.05, 3.63) is 101 Å². The molecule has 292 valence electrons. The lowest BCUT2D eigenvalue weighted by molar-refractivity contribution is -0.193. The van der Waals surface area contributed by atoms with Gasteiger partial charge in [0, 0.05) is 23.6 Å². The van der Waals surface area contributed by atoms with Crippen LogP contribution in [0, 0.1) is 22.7 Å². The first kappa shape index (κ1) is 49.2. The van der Waals surface area contributed by atoms with Crippen LogP contribution < -0.4 is 0 Å². The summed E-state index contributed by atoms with van der Waals surface area (Å²) in [5.74, 6) is 2.91. The Morgan fingerprint density at radius 1 is 0.698 bits per heavy atom. The second-order valence-corrected chi connectivity index (χ2v) is 15.1. The summed E-state index contributed by atoms with van der Waals surface area (Å²) < 4.78 is 33.2. The minimum Gasteiger partial charge on any atom is -0.376 e. The van der Waals surface area contributed by atoms with Crippen molar-refractivity contribution >= 4 is 25.7 Å². The van der Waals surface area contributed by atoms with Crippen LogP contribution in [0.15, 0.2) is 89.9 Å². The summed E-state index contributed by atoms with van der Waals surface area (Å²) in [7, 11) is -2.92. The number of allylic oxidation sites excluding steroid dienone is 2. The van der Waals surface area contributed by atoms with Crippen LogP contribution in [0.4, 0.5) is 0 Å². The van der Waals surface area contributed by atoms with E-state index in [1.165, 1.54) is 22.5 Å². The third kappa shape index (κ3) is 19.2. The van der Waals surface area contributed by atoms with E-state index < -0.39 is 7.60 Å². The molecule has 10 nitrogen and oxygen atoms in total. The van der Waals surface area contributed by atoms with Crippen molar-refractivity contribution in [2.24, 2.45) is 22.7 Å². The van der Waals surface area contributed by atoms with Gasteiger partial charge in [0.25, 0.3) is 0 Å². The Morgan fingerprint density at radius 3 is 1.47 bits per heavy atom. The molecule has 0 amide bonds. The van der Waals surface area contributed by atoms with Gasteiger partial charge in [0.1, 0.15) is 5.78 Å². The summed E-state index contributed by atoms with van der Waals surface area (Å²) in [6.07, 6.45) is 8.16. The lowest BCUT2D eigenvalue weighted by Crippen LogP contribution is -2.47. The molecule has 53 heavy (non-hydrogen) atoms. The molecule has 0 saturated heterocycles. The highest BCUT2D eigenvalue weighted by Crippen LogP contribution is 2.51. The van der Waals surface area contributed by atoms with Crippen LogP contribution in [-0.4, -0.2) is 44.5 Å². The molecule has 0 aromatic heterocycles. The highest BCUT2D eigenvalue weighted by atomic mass is 31.2. The molecule has 2 aliphatic rings. The van der Waals surface area contributed by atoms with Gasteiger partial charge < -0.3 is 18.5 Å². The van der Waals surface area contributed by atoms with Gasteiger partial charge in [0.15, 0.2) is 0 Å². The standard InChI is InChI=1S/C18H24O.C14H18O2.C8H17O3P.2CO2/c1-4-5-11-16-12-17(18(16,2)3)14-19-13-15-9-7-6-8-10-15;1-14(2)12(8-13(14)15)10-16-9-11-6-4-3-5-7-11;1-4-7-8-12(9,10-5-2)11-6-3;2*2-1-3/h5-10,17H,4,12-14H2,1-3H3;3-7,12H,8-10H2,1-2H3;7-8H,4-6H2,1-3H3;;/b;;8-7+;;. The number of Topliss-reactive ketones (excluding diaryl/α,β-unsaturated/α-hetero) is 1. The van der Waals surface area contributed by atoms with Crippen LogP contribution in [0.25, 0.3) is 0 Å². The maximum Gasteiger partial charge on any atom is 0.373 e. The second kappa shape index (κ2) is 27.8. The zero-order valence-corrected chi connectivity index (χ0v) is 33.7. The molecule has 2 unspecified atom stereocenters. The lowest BCUT2D eigenvalue weighted by Gasteiger charge is -2.46. The number of benzene rings is 2. The maximum atomic E-state index is 11.6. The molecule has 0 bridgehead atoms. The van der Waals surface area contributed by atoms with Crippen molar-refractivity contribution in [2.45, 2.75) is 94.3 Å². The van der Waals surface area contributed by atoms with Crippen LogP contribution >= 0.6 is 7.60 Å². The molecule has 0 N–H and O–H groups in total. The first-order valence-electron chi connectivity index (χ1n) is 18.0. The minimum atomic E-state index is -2.92. The third-order valence-electron chi connectivity index (χ3n) is 8.90. The number of ketones is 1. The summed E-state index contributed by atoms with van der Waals surface area (Å²) >= 11 is 0. The molecule has 2 aromatic carbocycles. The van der Waals surface area contributed by atoms with E-state index in [9.17, 15) is 9.36 Å². The van der Waals surface area contributed by atoms with Crippen molar-refractivity contribution in [2.75, 3.05) is 26.4 Å². The van der Waals surface area contributed by atoms with Gasteiger partial charge in [-0.25, -0.2) is 0 Å². The topological polar surface area (TPSA) is 139 Å². The van der Waals surface area contributed by atoms with E-state index in [4.69, 9.17) is 37.7 Å². The van der Waals surface area contributed by atoms with Crippen molar-refractivity contribution in [1.82, 2.24) is 0 Å². The highest BCUT2D eigenvalue weighted by Gasteiger charge is 2.47. The third-order valence-corrected chi connectivity index (χ3v) is 10.7. The minimum absolute atomic E-state index is 0.170. The summed E-state index contributed by atoms with van der Waals surface area (Å²) in [5.41, 5.74) is 7.40. The molecule has 2 saturated carbocycles. The molecule has 0 aliphatic heterocycles. The zero-order valence-electron chi connectivity index (χ0n) is 32.8. The fraction of sp³-hybridized carbons (Fsp3) is 0.524. The van der Waals surface area contributed by atoms with E-state index in [0.717, 1.165) is 32.5 Å². The number of rotatable bonds is 15. The predicted molar refractivity (Wildman–Crippen MR) is 203 cm³/mol. The van der Waals surface area contributed by atoms with E-state index in [0.29, 0.717) is 50.5 Å². The molecule has 2 aromatic rings. The van der Waals surface area contributed by atoms with Gasteiger partial charge in [-0.05, 0) is 67.2 Å². The predicted octanol–water partition coefficient (Wildman–Crippen LogP) is 9.57. The SMILES string of the molecule is CC/C=C/P(=O)(OCC)OCC.CC1(C)C(=O)CC1COCc1ccccc1.CCC=C=C1CC(COCc2ccccc2)C1(C)C.O=C=O.O=C=O. The first-order valence-corrected chi connectivity index (χ1v) is 19.6. The summed E-state index contributed by atoms with van der Waals surface area (Å²) in [6.45, 7) is 20.1. The Balaban J connectivity index is 0.000000726. The second-order valence-electron chi connectivity index (χ2n) is 13.2. The molecule has 2 atom stereocenters. The van der Waals surface area contributed by atoms with E-state index in [1.54, 1.807) is 19.9 Å². The number of carbonyl (C=O) groups is 1. The summed E-state index contributed by atoms with van der Waals surface area (Å²) in [5, 5.41) is 0. The van der Waals surface area contributed by atoms with Gasteiger partial charge in [0.2, 0.25) is 0 Å². The number of ether oxygens (including phenoxy) is 2. The summed E-state index contributed by atoms with van der Waals surface area (Å²) in [4.78, 5) is 43.8. The normalized spacial score (nSPS) is 17.4. The molecule has 2 fully saturated rings. The van der Waals surface area contributed by atoms with Gasteiger partial charge >= 0.3 is 19.9 Å². The molecular weight excluding hydrogens is 695 g/mol.